The number of hydrogen-bond donors (Lipinski definition) is 11. The van der Waals surface area contributed by atoms with Gasteiger partial charge in [0.25, 0.3) is 5.91 Å². The minimum atomic E-state index is -1.67. The van der Waals surface area contributed by atoms with Crippen molar-refractivity contribution in [2.24, 2.45) is 17.2 Å². The average Bonchev–Trinajstić information content (AvgIpc) is 3.38. The zero-order valence-corrected chi connectivity index (χ0v) is 40.3. The summed E-state index contributed by atoms with van der Waals surface area (Å²) in [5, 5.41) is 37.5. The lowest BCUT2D eigenvalue weighted by Gasteiger charge is -2.26. The number of aliphatic carboxylic acids is 1. The van der Waals surface area contributed by atoms with Gasteiger partial charge < -0.3 is 80.0 Å². The van der Waals surface area contributed by atoms with Gasteiger partial charge in [0, 0.05) is 49.7 Å². The smallest absolute Gasteiger partial charge is 0.334 e. The summed E-state index contributed by atoms with van der Waals surface area (Å²) in [5.41, 5.74) is 40.7. The van der Waals surface area contributed by atoms with E-state index in [2.05, 4.69) is 45.2 Å². The maximum atomic E-state index is 12.4. The Hall–Kier alpha value is -8.62. The molecule has 2 atom stereocenters. The van der Waals surface area contributed by atoms with Gasteiger partial charge in [-0.3, -0.25) is 4.79 Å². The third-order valence-electron chi connectivity index (χ3n) is 10.8. The largest absolute Gasteiger partial charge is 0.494 e. The first kappa shape index (κ1) is 53.7. The van der Waals surface area contributed by atoms with Crippen molar-refractivity contribution >= 4 is 90.9 Å². The van der Waals surface area contributed by atoms with Crippen molar-refractivity contribution in [2.75, 3.05) is 85.2 Å². The van der Waals surface area contributed by atoms with E-state index in [1.165, 1.54) is 12.4 Å². The van der Waals surface area contributed by atoms with Crippen LogP contribution in [0.3, 0.4) is 0 Å². The van der Waals surface area contributed by atoms with Crippen molar-refractivity contribution in [3.05, 3.63) is 96.3 Å². The third-order valence-corrected chi connectivity index (χ3v) is 10.8. The summed E-state index contributed by atoms with van der Waals surface area (Å²) in [6.07, 6.45) is -0.108. The van der Waals surface area contributed by atoms with E-state index in [1.807, 2.05) is 86.6 Å². The Morgan fingerprint density at radius 2 is 1.03 bits per heavy atom. The second kappa shape index (κ2) is 25.5. The fraction of sp³-hybridized carbons (Fsp3) is 0.292. The number of aliphatic hydroxyl groups is 2. The van der Waals surface area contributed by atoms with Gasteiger partial charge in [-0.2, -0.15) is 29.9 Å². The highest BCUT2D eigenvalue weighted by molar-refractivity contribution is 5.90. The molecule has 18 N–H and O–H groups in total. The fourth-order valence-corrected chi connectivity index (χ4v) is 7.45. The van der Waals surface area contributed by atoms with Crippen LogP contribution in [0.2, 0.25) is 0 Å². The second-order valence-corrected chi connectivity index (χ2v) is 15.9. The van der Waals surface area contributed by atoms with E-state index in [0.29, 0.717) is 48.6 Å². The number of aliphatic hydroxyl groups excluding tert-OH is 2. The molecule has 0 saturated heterocycles. The van der Waals surface area contributed by atoms with E-state index in [1.54, 1.807) is 9.80 Å². The molecule has 0 aliphatic rings. The van der Waals surface area contributed by atoms with Crippen LogP contribution in [0.25, 0.3) is 43.6 Å². The van der Waals surface area contributed by atoms with Gasteiger partial charge in [-0.25, -0.2) is 14.8 Å². The van der Waals surface area contributed by atoms with E-state index in [4.69, 9.17) is 49.6 Å². The lowest BCUT2D eigenvalue weighted by molar-refractivity contribution is -0.146. The monoisotopic (exact) mass is 1000 g/mol. The predicted molar refractivity (Wildman–Crippen MR) is 280 cm³/mol. The second-order valence-electron chi connectivity index (χ2n) is 15.9. The molecule has 2 unspecified atom stereocenters. The standard InChI is InChI=1S/C24H29N9O3.C22H23N7O4.C2H8N2/c1-2-36-19-8-7-14-5-3-4-6-15(14)17(19)12-33(13-18(34)22(35)28-10-9-25)24-29-11-16-20(26)30-23(27)31-21(16)32-24;1-2-33-17-8-7-12-5-3-4-6-13(12)15(17)10-29(11-16(30)20(31)32)22-25-9-14-18(23)26-21(24)27-19(14)28-22;3-1-2-4/h3-8,11,18,34H,2,9-10,12-13,25H2,1H3,(H,28,35)(H4,26,27,29,30,31,32);3-9,16,30H,2,10-11H2,1H3,(H,31,32)(H4,23,24,25,26,27,28);1-4H2. The fourth-order valence-electron chi connectivity index (χ4n) is 7.45. The van der Waals surface area contributed by atoms with Gasteiger partial charge >= 0.3 is 5.97 Å². The normalized spacial score (nSPS) is 11.8. The van der Waals surface area contributed by atoms with Crippen molar-refractivity contribution in [2.45, 2.75) is 39.1 Å². The molecule has 73 heavy (non-hydrogen) atoms. The number of nitrogens with one attached hydrogen (secondary N) is 1. The molecule has 0 bridgehead atoms. The number of anilines is 6. The summed E-state index contributed by atoms with van der Waals surface area (Å²) in [6.45, 7) is 6.43. The molecule has 8 rings (SSSR count). The maximum absolute atomic E-state index is 12.4. The molecule has 0 fully saturated rings. The Bertz CT molecular complexity index is 3170. The van der Waals surface area contributed by atoms with E-state index in [9.17, 15) is 24.9 Å². The number of carboxylic acids is 1. The van der Waals surface area contributed by atoms with Gasteiger partial charge in [-0.1, -0.05) is 60.7 Å². The van der Waals surface area contributed by atoms with Crippen LogP contribution in [0.4, 0.5) is 35.4 Å². The number of carboxylic acid groups (broad SMARTS) is 1. The van der Waals surface area contributed by atoms with Crippen LogP contribution >= 0.6 is 0 Å². The van der Waals surface area contributed by atoms with Gasteiger partial charge in [0.15, 0.2) is 17.4 Å². The van der Waals surface area contributed by atoms with Crippen LogP contribution in [-0.4, -0.2) is 132 Å². The molecule has 4 aromatic heterocycles. The Morgan fingerprint density at radius 1 is 0.589 bits per heavy atom. The number of hydrogen-bond acceptors (Lipinski definition) is 23. The van der Waals surface area contributed by atoms with Crippen LogP contribution in [0, 0.1) is 0 Å². The maximum Gasteiger partial charge on any atom is 0.334 e. The SMILES string of the molecule is CCOc1ccc2ccccc2c1CN(CC(O)C(=O)NCCN)c1ncc2c(N)nc(N)nc2n1.CCOc1ccc2ccccc2c1CN(CC(O)C(=O)O)c1ncc2c(N)nc(N)nc2n1.NCCN. The van der Waals surface area contributed by atoms with Gasteiger partial charge in [0.05, 0.1) is 50.2 Å². The first-order chi connectivity index (χ1) is 35.2. The van der Waals surface area contributed by atoms with Crippen molar-refractivity contribution in [1.29, 1.82) is 0 Å². The number of fused-ring (bicyclic) bond motifs is 4. The Morgan fingerprint density at radius 3 is 1.44 bits per heavy atom. The number of nitrogen functional groups attached to an aromatic ring is 4. The molecule has 25 heteroatoms. The molecule has 4 aromatic carbocycles. The molecule has 8 aromatic rings. The van der Waals surface area contributed by atoms with E-state index >= 15 is 0 Å². The van der Waals surface area contributed by atoms with Gasteiger partial charge in [-0.05, 0) is 47.5 Å². The predicted octanol–water partition coefficient (Wildman–Crippen LogP) is 1.07. The number of benzene rings is 4. The molecular weight excluding hydrogens is 941 g/mol. The van der Waals surface area contributed by atoms with Crippen LogP contribution in [0.1, 0.15) is 25.0 Å². The summed E-state index contributed by atoms with van der Waals surface area (Å²) < 4.78 is 11.7. The number of nitrogens with two attached hydrogens (primary N) is 7. The first-order valence-corrected chi connectivity index (χ1v) is 23.0. The minimum absolute atomic E-state index is 0.0231. The highest BCUT2D eigenvalue weighted by Crippen LogP contribution is 2.33. The lowest BCUT2D eigenvalue weighted by atomic mass is 10.0. The van der Waals surface area contributed by atoms with Crippen LogP contribution in [0.15, 0.2) is 85.2 Å². The van der Waals surface area contributed by atoms with E-state index in [0.717, 1.165) is 32.7 Å². The van der Waals surface area contributed by atoms with Crippen LogP contribution in [-0.2, 0) is 22.7 Å². The van der Waals surface area contributed by atoms with Gasteiger partial charge in [0.1, 0.15) is 29.2 Å². The Balaban J connectivity index is 0.000000223. The van der Waals surface area contributed by atoms with E-state index < -0.39 is 24.1 Å². The van der Waals surface area contributed by atoms with Crippen LogP contribution < -0.4 is 64.7 Å². The highest BCUT2D eigenvalue weighted by Gasteiger charge is 2.26. The van der Waals surface area contributed by atoms with E-state index in [-0.39, 0.29) is 86.0 Å². The third kappa shape index (κ3) is 13.6. The molecule has 0 aliphatic heterocycles. The number of carbonyl (C=O) groups excluding carboxylic acids is 1. The minimum Gasteiger partial charge on any atom is -0.494 e. The summed E-state index contributed by atoms with van der Waals surface area (Å²) >= 11 is 0. The summed E-state index contributed by atoms with van der Waals surface area (Å²) in [5.74, 6) is 0.00155. The molecule has 0 radical (unpaired) electrons. The quantitative estimate of drug-likeness (QED) is 0.0539. The molecular formula is C48H60N18O7. The van der Waals surface area contributed by atoms with Crippen molar-refractivity contribution < 1.29 is 34.4 Å². The average molecular weight is 1000 g/mol. The summed E-state index contributed by atoms with van der Waals surface area (Å²) in [7, 11) is 0. The van der Waals surface area contributed by atoms with Crippen LogP contribution in [0.5, 0.6) is 11.5 Å². The molecule has 384 valence electrons. The number of aromatic nitrogens is 8. The number of amides is 1. The van der Waals surface area contributed by atoms with Crippen molar-refractivity contribution in [3.63, 3.8) is 0 Å². The van der Waals surface area contributed by atoms with Gasteiger partial charge in [0.2, 0.25) is 23.8 Å². The zero-order valence-electron chi connectivity index (χ0n) is 40.3. The summed E-state index contributed by atoms with van der Waals surface area (Å²) in [6, 6.07) is 23.4. The number of rotatable bonds is 19. The number of ether oxygens (including phenoxy) is 2. The lowest BCUT2D eigenvalue weighted by Crippen LogP contribution is -2.44. The highest BCUT2D eigenvalue weighted by atomic mass is 16.5. The molecule has 1 amide bonds. The number of carbonyl (C=O) groups is 2. The molecule has 4 heterocycles. The van der Waals surface area contributed by atoms with Gasteiger partial charge in [-0.15, -0.1) is 0 Å². The molecule has 25 nitrogen and oxygen atoms in total. The van der Waals surface area contributed by atoms with Crippen molar-refractivity contribution in [1.82, 2.24) is 45.2 Å². The Kier molecular flexibility index (Phi) is 18.8. The Labute approximate surface area is 418 Å². The first-order valence-electron chi connectivity index (χ1n) is 23.0. The summed E-state index contributed by atoms with van der Waals surface area (Å²) in [4.78, 5) is 60.9. The molecule has 0 saturated carbocycles. The number of nitrogens with zero attached hydrogens (tertiary/aromatic N) is 10. The molecule has 0 spiro atoms. The zero-order chi connectivity index (χ0) is 52.6. The van der Waals surface area contributed by atoms with Crippen molar-refractivity contribution in [3.8, 4) is 11.5 Å². The molecule has 0 aliphatic carbocycles. The topological polar surface area (TPSA) is 417 Å².